The second-order valence-corrected chi connectivity index (χ2v) is 6.86. The summed E-state index contributed by atoms with van der Waals surface area (Å²) in [7, 11) is 0. The number of anilines is 1. The van der Waals surface area contributed by atoms with Gasteiger partial charge in [-0.1, -0.05) is 36.3 Å². The molecule has 2 amide bonds. The first kappa shape index (κ1) is 21.1. The second-order valence-electron chi connectivity index (χ2n) is 6.86. The average molecular weight is 407 g/mol. The van der Waals surface area contributed by atoms with E-state index in [9.17, 15) is 9.59 Å². The van der Waals surface area contributed by atoms with E-state index in [0.717, 1.165) is 28.9 Å². The van der Waals surface area contributed by atoms with Crippen molar-refractivity contribution in [3.05, 3.63) is 76.7 Å². The van der Waals surface area contributed by atoms with Gasteiger partial charge in [0.05, 0.1) is 17.8 Å². The number of amides is 2. The van der Waals surface area contributed by atoms with E-state index >= 15 is 0 Å². The summed E-state index contributed by atoms with van der Waals surface area (Å²) < 4.78 is 10.9. The van der Waals surface area contributed by atoms with E-state index in [1.165, 1.54) is 0 Å². The molecule has 7 heteroatoms. The minimum Gasteiger partial charge on any atom is -0.489 e. The number of hydrogen-bond donors (Lipinski definition) is 2. The van der Waals surface area contributed by atoms with Crippen molar-refractivity contribution in [1.82, 2.24) is 10.5 Å². The molecule has 0 spiro atoms. The summed E-state index contributed by atoms with van der Waals surface area (Å²) >= 11 is 0. The molecule has 0 radical (unpaired) electrons. The molecule has 0 atom stereocenters. The number of nitrogens with one attached hydrogen (secondary N) is 2. The summed E-state index contributed by atoms with van der Waals surface area (Å²) in [5.74, 6) is 0.618. The Morgan fingerprint density at radius 1 is 1.10 bits per heavy atom. The van der Waals surface area contributed by atoms with Crippen LogP contribution >= 0.6 is 0 Å². The van der Waals surface area contributed by atoms with Crippen LogP contribution in [0.4, 0.5) is 5.69 Å². The summed E-state index contributed by atoms with van der Waals surface area (Å²) in [4.78, 5) is 24.7. The molecule has 1 heterocycles. The van der Waals surface area contributed by atoms with Gasteiger partial charge < -0.3 is 19.9 Å². The summed E-state index contributed by atoms with van der Waals surface area (Å²) in [5.41, 5.74) is 3.87. The Hall–Kier alpha value is -3.61. The molecule has 0 aliphatic heterocycles. The largest absolute Gasteiger partial charge is 0.489 e. The van der Waals surface area contributed by atoms with Gasteiger partial charge in [-0.25, -0.2) is 0 Å². The number of benzene rings is 2. The summed E-state index contributed by atoms with van der Waals surface area (Å²) in [6, 6.07) is 14.4. The fraction of sp³-hybridized carbons (Fsp3) is 0.261. The molecule has 0 unspecified atom stereocenters. The topological polar surface area (TPSA) is 93.5 Å². The quantitative estimate of drug-likeness (QED) is 0.592. The van der Waals surface area contributed by atoms with Gasteiger partial charge in [0.1, 0.15) is 18.1 Å². The van der Waals surface area contributed by atoms with Gasteiger partial charge in [0.15, 0.2) is 0 Å². The van der Waals surface area contributed by atoms with Crippen LogP contribution in [0, 0.1) is 13.8 Å². The zero-order valence-corrected chi connectivity index (χ0v) is 17.3. The van der Waals surface area contributed by atoms with E-state index in [-0.39, 0.29) is 18.4 Å². The number of nitrogens with zero attached hydrogens (tertiary/aromatic N) is 1. The van der Waals surface area contributed by atoms with Gasteiger partial charge in [0.25, 0.3) is 5.91 Å². The van der Waals surface area contributed by atoms with Crippen LogP contribution in [0.2, 0.25) is 0 Å². The maximum Gasteiger partial charge on any atom is 0.251 e. The summed E-state index contributed by atoms with van der Waals surface area (Å²) in [5, 5.41) is 9.37. The molecule has 7 nitrogen and oxygen atoms in total. The van der Waals surface area contributed by atoms with Crippen molar-refractivity contribution in [1.29, 1.82) is 0 Å². The number of aryl methyl sites for hydroxylation is 3. The van der Waals surface area contributed by atoms with Crippen molar-refractivity contribution < 1.29 is 18.8 Å². The normalized spacial score (nSPS) is 10.5. The van der Waals surface area contributed by atoms with E-state index in [0.29, 0.717) is 23.7 Å². The number of aromatic nitrogens is 1. The molecule has 3 rings (SSSR count). The number of ether oxygens (including phenoxy) is 1. The van der Waals surface area contributed by atoms with Gasteiger partial charge in [-0.2, -0.15) is 0 Å². The fourth-order valence-electron chi connectivity index (χ4n) is 3.00. The van der Waals surface area contributed by atoms with Crippen LogP contribution in [-0.4, -0.2) is 23.5 Å². The molecule has 0 saturated heterocycles. The van der Waals surface area contributed by atoms with Crippen LogP contribution in [0.25, 0.3) is 0 Å². The molecule has 2 N–H and O–H groups in total. The second kappa shape index (κ2) is 9.73. The van der Waals surface area contributed by atoms with Crippen LogP contribution in [-0.2, 0) is 17.8 Å². The predicted octanol–water partition coefficient (Wildman–Crippen LogP) is 3.80. The van der Waals surface area contributed by atoms with Gasteiger partial charge in [0.2, 0.25) is 5.91 Å². The SMILES string of the molecule is CCc1ccccc1NC(=O)CNC(=O)c1cccc(OCc2c(C)noc2C)c1. The molecule has 0 aliphatic rings. The number of carbonyl (C=O) groups excluding carboxylic acids is 2. The Morgan fingerprint density at radius 2 is 1.90 bits per heavy atom. The average Bonchev–Trinajstić information content (AvgIpc) is 3.08. The summed E-state index contributed by atoms with van der Waals surface area (Å²) in [6.07, 6.45) is 0.809. The Labute approximate surface area is 175 Å². The number of hydrogen-bond acceptors (Lipinski definition) is 5. The standard InChI is InChI=1S/C23H25N3O4/c1-4-17-8-5-6-11-21(17)25-22(27)13-24-23(28)18-9-7-10-19(12-18)29-14-20-15(2)26-30-16(20)3/h5-12H,4,13-14H2,1-3H3,(H,24,28)(H,25,27). The monoisotopic (exact) mass is 407 g/mol. The molecule has 3 aromatic rings. The van der Waals surface area contributed by atoms with Crippen molar-refractivity contribution in [2.45, 2.75) is 33.8 Å². The lowest BCUT2D eigenvalue weighted by molar-refractivity contribution is -0.115. The zero-order chi connectivity index (χ0) is 21.5. The lowest BCUT2D eigenvalue weighted by atomic mass is 10.1. The molecule has 0 bridgehead atoms. The fourth-order valence-corrected chi connectivity index (χ4v) is 3.00. The highest BCUT2D eigenvalue weighted by atomic mass is 16.5. The highest BCUT2D eigenvalue weighted by Gasteiger charge is 2.12. The van der Waals surface area contributed by atoms with Gasteiger partial charge in [-0.3, -0.25) is 9.59 Å². The lowest BCUT2D eigenvalue weighted by Gasteiger charge is -2.11. The number of rotatable bonds is 8. The first-order valence-electron chi connectivity index (χ1n) is 9.78. The van der Waals surface area contributed by atoms with E-state index in [1.807, 2.05) is 45.0 Å². The Balaban J connectivity index is 1.55. The smallest absolute Gasteiger partial charge is 0.251 e. The van der Waals surface area contributed by atoms with Crippen molar-refractivity contribution in [2.24, 2.45) is 0 Å². The number of para-hydroxylation sites is 1. The van der Waals surface area contributed by atoms with E-state index < -0.39 is 0 Å². The molecule has 0 fully saturated rings. The van der Waals surface area contributed by atoms with Gasteiger partial charge >= 0.3 is 0 Å². The predicted molar refractivity (Wildman–Crippen MR) is 114 cm³/mol. The molecular formula is C23H25N3O4. The minimum absolute atomic E-state index is 0.124. The van der Waals surface area contributed by atoms with Crippen LogP contribution in [0.15, 0.2) is 53.1 Å². The molecule has 156 valence electrons. The van der Waals surface area contributed by atoms with Crippen molar-refractivity contribution in [2.75, 3.05) is 11.9 Å². The highest BCUT2D eigenvalue weighted by Crippen LogP contribution is 2.19. The zero-order valence-electron chi connectivity index (χ0n) is 17.3. The maximum absolute atomic E-state index is 12.4. The molecule has 0 aliphatic carbocycles. The van der Waals surface area contributed by atoms with E-state index in [1.54, 1.807) is 24.3 Å². The third kappa shape index (κ3) is 5.26. The molecule has 0 saturated carbocycles. The van der Waals surface area contributed by atoms with Crippen LogP contribution in [0.5, 0.6) is 5.75 Å². The third-order valence-electron chi connectivity index (χ3n) is 4.74. The molecule has 1 aromatic heterocycles. The maximum atomic E-state index is 12.4. The van der Waals surface area contributed by atoms with Crippen LogP contribution in [0.1, 0.15) is 39.9 Å². The van der Waals surface area contributed by atoms with E-state index in [2.05, 4.69) is 15.8 Å². The Kier molecular flexibility index (Phi) is 6.85. The van der Waals surface area contributed by atoms with Crippen molar-refractivity contribution in [3.63, 3.8) is 0 Å². The molecular weight excluding hydrogens is 382 g/mol. The number of carbonyl (C=O) groups is 2. The van der Waals surface area contributed by atoms with Crippen LogP contribution in [0.3, 0.4) is 0 Å². The highest BCUT2D eigenvalue weighted by molar-refractivity contribution is 5.99. The first-order chi connectivity index (χ1) is 14.5. The van der Waals surface area contributed by atoms with Crippen molar-refractivity contribution in [3.8, 4) is 5.75 Å². The van der Waals surface area contributed by atoms with Gasteiger partial charge in [-0.05, 0) is 50.1 Å². The van der Waals surface area contributed by atoms with Crippen molar-refractivity contribution >= 4 is 17.5 Å². The van der Waals surface area contributed by atoms with Crippen LogP contribution < -0.4 is 15.4 Å². The van der Waals surface area contributed by atoms with Gasteiger partial charge in [-0.15, -0.1) is 0 Å². The summed E-state index contributed by atoms with van der Waals surface area (Å²) in [6.45, 7) is 5.87. The lowest BCUT2D eigenvalue weighted by Crippen LogP contribution is -2.33. The Morgan fingerprint density at radius 3 is 2.63 bits per heavy atom. The molecule has 2 aromatic carbocycles. The Bertz CT molecular complexity index is 1020. The first-order valence-corrected chi connectivity index (χ1v) is 9.78. The van der Waals surface area contributed by atoms with E-state index in [4.69, 9.17) is 9.26 Å². The molecule has 30 heavy (non-hydrogen) atoms. The third-order valence-corrected chi connectivity index (χ3v) is 4.74. The minimum atomic E-state index is -0.350. The van der Waals surface area contributed by atoms with Gasteiger partial charge in [0, 0.05) is 11.3 Å².